The van der Waals surface area contributed by atoms with Crippen molar-refractivity contribution in [1.82, 2.24) is 10.3 Å². The van der Waals surface area contributed by atoms with E-state index < -0.39 is 0 Å². The van der Waals surface area contributed by atoms with Crippen LogP contribution < -0.4 is 15.0 Å². The topological polar surface area (TPSA) is 37.4 Å². The van der Waals surface area contributed by atoms with Crippen molar-refractivity contribution in [3.63, 3.8) is 0 Å². The van der Waals surface area contributed by atoms with Crippen LogP contribution in [0.2, 0.25) is 0 Å². The predicted octanol–water partition coefficient (Wildman–Crippen LogP) is 5.12. The highest BCUT2D eigenvalue weighted by Crippen LogP contribution is 2.34. The molecule has 0 spiro atoms. The Balaban J connectivity index is 0.00000196. The van der Waals surface area contributed by atoms with Gasteiger partial charge in [0.1, 0.15) is 17.3 Å². The van der Waals surface area contributed by atoms with Gasteiger partial charge in [-0.05, 0) is 32.1 Å². The number of halogens is 3. The standard InChI is InChI=1S/C21H24FN3O.2ClH/c1-4-16(22)13-17(5-2)26-21-15(3)14-24-20-18(21)7-6-8-19(20)25-11-9-23-10-12-25;;/h4-8,13-14,23H,2,9-12H2,1,3H3;2*1H. The third-order valence-corrected chi connectivity index (χ3v) is 4.44. The molecule has 0 radical (unpaired) electrons. The Kier molecular flexibility index (Phi) is 9.46. The highest BCUT2D eigenvalue weighted by Gasteiger charge is 2.17. The molecule has 4 nitrogen and oxygen atoms in total. The number of fused-ring (bicyclic) bond motifs is 1. The summed E-state index contributed by atoms with van der Waals surface area (Å²) in [6.45, 7) is 11.1. The molecule has 3 rings (SSSR count). The molecule has 0 amide bonds. The minimum absolute atomic E-state index is 0. The first-order chi connectivity index (χ1) is 12.6. The molecule has 1 aromatic heterocycles. The highest BCUT2D eigenvalue weighted by atomic mass is 35.5. The van der Waals surface area contributed by atoms with E-state index in [0.29, 0.717) is 11.5 Å². The summed E-state index contributed by atoms with van der Waals surface area (Å²) in [5.74, 6) is 0.684. The van der Waals surface area contributed by atoms with Crippen LogP contribution in [0.25, 0.3) is 10.9 Å². The number of piperazine rings is 1. The second kappa shape index (κ2) is 11.1. The number of rotatable bonds is 5. The lowest BCUT2D eigenvalue weighted by Gasteiger charge is -2.30. The predicted molar refractivity (Wildman–Crippen MR) is 120 cm³/mol. The van der Waals surface area contributed by atoms with Crippen LogP contribution in [-0.4, -0.2) is 31.2 Å². The molecule has 2 heterocycles. The van der Waals surface area contributed by atoms with Gasteiger partial charge < -0.3 is 15.0 Å². The lowest BCUT2D eigenvalue weighted by atomic mass is 10.1. The van der Waals surface area contributed by atoms with Gasteiger partial charge in [-0.1, -0.05) is 18.7 Å². The minimum Gasteiger partial charge on any atom is -0.456 e. The summed E-state index contributed by atoms with van der Waals surface area (Å²) in [7, 11) is 0. The van der Waals surface area contributed by atoms with Crippen LogP contribution in [0.3, 0.4) is 0 Å². The Morgan fingerprint density at radius 3 is 2.64 bits per heavy atom. The van der Waals surface area contributed by atoms with E-state index in [4.69, 9.17) is 4.74 Å². The number of benzene rings is 1. The molecular formula is C21H26Cl2FN3O. The van der Waals surface area contributed by atoms with Crippen molar-refractivity contribution in [2.45, 2.75) is 13.8 Å². The van der Waals surface area contributed by atoms with Crippen molar-refractivity contribution in [1.29, 1.82) is 0 Å². The van der Waals surface area contributed by atoms with E-state index >= 15 is 0 Å². The molecular weight excluding hydrogens is 400 g/mol. The van der Waals surface area contributed by atoms with Crippen molar-refractivity contribution < 1.29 is 9.13 Å². The largest absolute Gasteiger partial charge is 0.456 e. The number of hydrogen-bond acceptors (Lipinski definition) is 4. The number of allylic oxidation sites excluding steroid dienone is 4. The SMILES string of the molecule is C=CC(=CC(F)=CC)Oc1c(C)cnc2c(N3CCNCC3)cccc12.Cl.Cl. The summed E-state index contributed by atoms with van der Waals surface area (Å²) in [4.78, 5) is 6.98. The summed E-state index contributed by atoms with van der Waals surface area (Å²) in [6.07, 6.45) is 6.02. The average Bonchev–Trinajstić information content (AvgIpc) is 2.69. The van der Waals surface area contributed by atoms with Gasteiger partial charge in [0.15, 0.2) is 0 Å². The smallest absolute Gasteiger partial charge is 0.141 e. The van der Waals surface area contributed by atoms with Crippen LogP contribution in [0, 0.1) is 6.92 Å². The third kappa shape index (κ3) is 5.25. The maximum absolute atomic E-state index is 13.6. The number of aryl methyl sites for hydroxylation is 1. The number of ether oxygens (including phenoxy) is 1. The van der Waals surface area contributed by atoms with Gasteiger partial charge in [-0.25, -0.2) is 4.39 Å². The van der Waals surface area contributed by atoms with E-state index in [9.17, 15) is 4.39 Å². The van der Waals surface area contributed by atoms with Crippen LogP contribution in [-0.2, 0) is 0 Å². The lowest BCUT2D eigenvalue weighted by molar-refractivity contribution is 0.443. The molecule has 1 saturated heterocycles. The zero-order valence-corrected chi connectivity index (χ0v) is 17.7. The van der Waals surface area contributed by atoms with E-state index in [0.717, 1.165) is 48.3 Å². The Hall–Kier alpha value is -2.08. The first kappa shape index (κ1) is 24.0. The van der Waals surface area contributed by atoms with E-state index in [2.05, 4.69) is 27.8 Å². The molecule has 7 heteroatoms. The fourth-order valence-electron chi connectivity index (χ4n) is 3.05. The second-order valence-corrected chi connectivity index (χ2v) is 6.21. The summed E-state index contributed by atoms with van der Waals surface area (Å²) in [5, 5.41) is 4.28. The number of anilines is 1. The fourth-order valence-corrected chi connectivity index (χ4v) is 3.05. The monoisotopic (exact) mass is 425 g/mol. The quantitative estimate of drug-likeness (QED) is 0.532. The first-order valence-corrected chi connectivity index (χ1v) is 8.82. The molecule has 2 aromatic rings. The Labute approximate surface area is 178 Å². The molecule has 1 aromatic carbocycles. The maximum Gasteiger partial charge on any atom is 0.141 e. The molecule has 1 N–H and O–H groups in total. The van der Waals surface area contributed by atoms with Crippen LogP contribution in [0.15, 0.2) is 60.8 Å². The van der Waals surface area contributed by atoms with Gasteiger partial charge in [-0.15, -0.1) is 24.8 Å². The van der Waals surface area contributed by atoms with Crippen molar-refractivity contribution in [3.05, 3.63) is 66.4 Å². The number of aromatic nitrogens is 1. The Morgan fingerprint density at radius 2 is 2.00 bits per heavy atom. The second-order valence-electron chi connectivity index (χ2n) is 6.21. The van der Waals surface area contributed by atoms with Crippen molar-refractivity contribution in [2.24, 2.45) is 0 Å². The van der Waals surface area contributed by atoms with Gasteiger partial charge in [0.25, 0.3) is 0 Å². The summed E-state index contributed by atoms with van der Waals surface area (Å²) >= 11 is 0. The molecule has 0 saturated carbocycles. The van der Waals surface area contributed by atoms with Gasteiger partial charge in [0, 0.05) is 49.4 Å². The molecule has 28 heavy (non-hydrogen) atoms. The van der Waals surface area contributed by atoms with Crippen LogP contribution in [0.4, 0.5) is 10.1 Å². The van der Waals surface area contributed by atoms with Gasteiger partial charge >= 0.3 is 0 Å². The zero-order chi connectivity index (χ0) is 18.5. The maximum atomic E-state index is 13.6. The zero-order valence-electron chi connectivity index (χ0n) is 16.1. The van der Waals surface area contributed by atoms with Crippen LogP contribution in [0.1, 0.15) is 12.5 Å². The van der Waals surface area contributed by atoms with E-state index in [1.54, 1.807) is 13.1 Å². The summed E-state index contributed by atoms with van der Waals surface area (Å²) in [5.41, 5.74) is 2.88. The Bertz CT molecular complexity index is 877. The third-order valence-electron chi connectivity index (χ3n) is 4.44. The molecule has 1 aliphatic rings. The number of para-hydroxylation sites is 1. The average molecular weight is 426 g/mol. The van der Waals surface area contributed by atoms with Crippen molar-refractivity contribution >= 4 is 41.4 Å². The molecule has 0 bridgehead atoms. The summed E-state index contributed by atoms with van der Waals surface area (Å²) in [6, 6.07) is 6.09. The lowest BCUT2D eigenvalue weighted by Crippen LogP contribution is -2.43. The first-order valence-electron chi connectivity index (χ1n) is 8.82. The minimum atomic E-state index is -0.363. The van der Waals surface area contributed by atoms with Crippen molar-refractivity contribution in [2.75, 3.05) is 31.1 Å². The van der Waals surface area contributed by atoms with Gasteiger partial charge in [-0.3, -0.25) is 4.98 Å². The molecule has 0 unspecified atom stereocenters. The van der Waals surface area contributed by atoms with Gasteiger partial charge in [0.05, 0.1) is 11.2 Å². The number of nitrogens with one attached hydrogen (secondary N) is 1. The molecule has 1 fully saturated rings. The summed E-state index contributed by atoms with van der Waals surface area (Å²) < 4.78 is 19.6. The molecule has 0 aliphatic carbocycles. The van der Waals surface area contributed by atoms with Crippen molar-refractivity contribution in [3.8, 4) is 5.75 Å². The fraction of sp³-hybridized carbons (Fsp3) is 0.286. The van der Waals surface area contributed by atoms with E-state index in [-0.39, 0.29) is 30.6 Å². The van der Waals surface area contributed by atoms with Gasteiger partial charge in [-0.2, -0.15) is 0 Å². The van der Waals surface area contributed by atoms with E-state index in [1.165, 1.54) is 18.2 Å². The normalized spacial score (nSPS) is 14.9. The van der Waals surface area contributed by atoms with E-state index in [1.807, 2.05) is 19.1 Å². The van der Waals surface area contributed by atoms with Crippen LogP contribution in [0.5, 0.6) is 5.75 Å². The van der Waals surface area contributed by atoms with Crippen LogP contribution >= 0.6 is 24.8 Å². The molecule has 0 atom stereocenters. The Morgan fingerprint density at radius 1 is 1.29 bits per heavy atom. The molecule has 1 aliphatic heterocycles. The number of pyridine rings is 1. The van der Waals surface area contributed by atoms with Gasteiger partial charge in [0.2, 0.25) is 0 Å². The number of hydrogen-bond donors (Lipinski definition) is 1. The molecule has 152 valence electrons. The highest BCUT2D eigenvalue weighted by molar-refractivity contribution is 5.95. The number of nitrogens with zero attached hydrogens (tertiary/aromatic N) is 2.